The number of hydrogen-bond donors (Lipinski definition) is 3. The van der Waals surface area contributed by atoms with Gasteiger partial charge in [-0.3, -0.25) is 25.2 Å². The van der Waals surface area contributed by atoms with E-state index in [4.69, 9.17) is 4.74 Å². The van der Waals surface area contributed by atoms with Crippen LogP contribution in [0.3, 0.4) is 0 Å². The second-order valence-electron chi connectivity index (χ2n) is 7.47. The van der Waals surface area contributed by atoms with Crippen molar-refractivity contribution in [3.8, 4) is 11.5 Å². The number of benzene rings is 3. The molecule has 0 saturated heterocycles. The van der Waals surface area contributed by atoms with Crippen LogP contribution in [0.5, 0.6) is 11.5 Å². The Labute approximate surface area is 195 Å². The van der Waals surface area contributed by atoms with Crippen molar-refractivity contribution in [2.45, 2.75) is 6.42 Å². The zero-order chi connectivity index (χ0) is 23.9. The summed E-state index contributed by atoms with van der Waals surface area (Å²) in [5.74, 6) is 0.439. The number of hydrazine groups is 1. The minimum Gasteiger partial charge on any atom is -0.457 e. The fourth-order valence-electron chi connectivity index (χ4n) is 3.29. The fraction of sp³-hybridized carbons (Fsp3) is 0.120. The number of carbonyl (C=O) groups is 3. The quantitative estimate of drug-likeness (QED) is 0.369. The van der Waals surface area contributed by atoms with Crippen molar-refractivity contribution in [1.82, 2.24) is 25.7 Å². The molecule has 4 aromatic rings. The predicted octanol–water partition coefficient (Wildman–Crippen LogP) is 2.49. The molecule has 1 aromatic heterocycles. The normalized spacial score (nSPS) is 10.5. The van der Waals surface area contributed by atoms with Gasteiger partial charge in [0, 0.05) is 12.6 Å². The van der Waals surface area contributed by atoms with Crippen LogP contribution >= 0.6 is 0 Å². The third-order valence-corrected chi connectivity index (χ3v) is 5.04. The van der Waals surface area contributed by atoms with Crippen LogP contribution < -0.4 is 20.9 Å². The van der Waals surface area contributed by atoms with Gasteiger partial charge in [0.05, 0.1) is 24.0 Å². The average molecular weight is 457 g/mol. The molecule has 4 rings (SSSR count). The third-order valence-electron chi connectivity index (χ3n) is 5.04. The first-order chi connectivity index (χ1) is 16.5. The van der Waals surface area contributed by atoms with Gasteiger partial charge in [0.25, 0.3) is 11.8 Å². The maximum Gasteiger partial charge on any atom is 0.257 e. The second kappa shape index (κ2) is 10.3. The van der Waals surface area contributed by atoms with Crippen molar-refractivity contribution in [1.29, 1.82) is 0 Å². The largest absolute Gasteiger partial charge is 0.457 e. The molecule has 9 heteroatoms. The van der Waals surface area contributed by atoms with E-state index < -0.39 is 17.7 Å². The maximum atomic E-state index is 12.3. The Morgan fingerprint density at radius 3 is 2.21 bits per heavy atom. The summed E-state index contributed by atoms with van der Waals surface area (Å²) in [5.41, 5.74) is 6.70. The lowest BCUT2D eigenvalue weighted by Crippen LogP contribution is -2.47. The van der Waals surface area contributed by atoms with Gasteiger partial charge in [0.2, 0.25) is 5.91 Å². The number of nitrogens with one attached hydrogen (secondary N) is 3. The van der Waals surface area contributed by atoms with Crippen LogP contribution in [-0.2, 0) is 23.1 Å². The van der Waals surface area contributed by atoms with Gasteiger partial charge >= 0.3 is 0 Å². The second-order valence-corrected chi connectivity index (χ2v) is 7.47. The molecule has 0 aliphatic carbocycles. The van der Waals surface area contributed by atoms with E-state index in [1.807, 2.05) is 66.2 Å². The Balaban J connectivity index is 1.21. The topological polar surface area (TPSA) is 114 Å². The number of imidazole rings is 1. The summed E-state index contributed by atoms with van der Waals surface area (Å²) in [5, 5.41) is 2.51. The van der Waals surface area contributed by atoms with Crippen LogP contribution in [0.4, 0.5) is 0 Å². The van der Waals surface area contributed by atoms with Crippen LogP contribution in [0, 0.1) is 0 Å². The molecule has 0 fully saturated rings. The lowest BCUT2D eigenvalue weighted by molar-refractivity contribution is -0.128. The van der Waals surface area contributed by atoms with E-state index in [0.29, 0.717) is 22.9 Å². The van der Waals surface area contributed by atoms with E-state index in [0.717, 1.165) is 11.0 Å². The number of carbonyl (C=O) groups excluding carboxylic acids is 3. The number of ether oxygens (including phenoxy) is 1. The van der Waals surface area contributed by atoms with E-state index in [-0.39, 0.29) is 13.0 Å². The van der Waals surface area contributed by atoms with Gasteiger partial charge in [-0.25, -0.2) is 4.98 Å². The minimum atomic E-state index is -0.560. The van der Waals surface area contributed by atoms with Crippen LogP contribution in [0.1, 0.15) is 16.2 Å². The maximum absolute atomic E-state index is 12.3. The van der Waals surface area contributed by atoms with Gasteiger partial charge in [0.1, 0.15) is 17.3 Å². The lowest BCUT2D eigenvalue weighted by atomic mass is 10.2. The monoisotopic (exact) mass is 457 g/mol. The zero-order valence-corrected chi connectivity index (χ0v) is 18.4. The fourth-order valence-corrected chi connectivity index (χ4v) is 3.29. The van der Waals surface area contributed by atoms with Crippen molar-refractivity contribution in [3.63, 3.8) is 0 Å². The molecule has 3 aromatic carbocycles. The van der Waals surface area contributed by atoms with Gasteiger partial charge in [-0.05, 0) is 48.5 Å². The van der Waals surface area contributed by atoms with Crippen LogP contribution in [0.25, 0.3) is 11.0 Å². The van der Waals surface area contributed by atoms with Gasteiger partial charge < -0.3 is 14.6 Å². The molecular weight excluding hydrogens is 434 g/mol. The highest BCUT2D eigenvalue weighted by Crippen LogP contribution is 2.21. The van der Waals surface area contributed by atoms with Gasteiger partial charge in [-0.1, -0.05) is 30.3 Å². The summed E-state index contributed by atoms with van der Waals surface area (Å²) in [6.07, 6.45) is -0.00474. The summed E-state index contributed by atoms with van der Waals surface area (Å²) < 4.78 is 7.52. The van der Waals surface area contributed by atoms with E-state index in [1.54, 1.807) is 24.3 Å². The zero-order valence-electron chi connectivity index (χ0n) is 18.4. The van der Waals surface area contributed by atoms with Crippen molar-refractivity contribution in [3.05, 3.63) is 90.3 Å². The molecule has 0 aliphatic heterocycles. The third kappa shape index (κ3) is 5.57. The molecular formula is C25H23N5O4. The van der Waals surface area contributed by atoms with Crippen LogP contribution in [0.15, 0.2) is 78.9 Å². The number of rotatable bonds is 7. The van der Waals surface area contributed by atoms with E-state index in [2.05, 4.69) is 21.2 Å². The van der Waals surface area contributed by atoms with E-state index >= 15 is 0 Å². The molecule has 0 aliphatic rings. The first kappa shape index (κ1) is 22.5. The molecule has 9 nitrogen and oxygen atoms in total. The highest BCUT2D eigenvalue weighted by Gasteiger charge is 2.13. The number of aryl methyl sites for hydroxylation is 1. The first-order valence-corrected chi connectivity index (χ1v) is 10.6. The number of aromatic nitrogens is 2. The van der Waals surface area contributed by atoms with Gasteiger partial charge in [0.15, 0.2) is 0 Å². The number of nitrogens with zero attached hydrogens (tertiary/aromatic N) is 2. The summed E-state index contributed by atoms with van der Waals surface area (Å²) in [6.45, 7) is -0.298. The number of hydrogen-bond acceptors (Lipinski definition) is 5. The standard InChI is InChI=1S/C25H23N5O4/c1-30-21-10-6-5-9-20(21)27-22(30)15-23(31)28-29-24(32)16-26-25(33)17-11-13-19(14-12-17)34-18-7-3-2-4-8-18/h2-14H,15-16H2,1H3,(H,26,33)(H,28,31)(H,29,32). The molecule has 3 N–H and O–H groups in total. The molecule has 0 spiro atoms. The molecule has 0 radical (unpaired) electrons. The minimum absolute atomic E-state index is 0.00474. The Kier molecular flexibility index (Phi) is 6.83. The highest BCUT2D eigenvalue weighted by molar-refractivity contribution is 5.96. The van der Waals surface area contributed by atoms with Crippen molar-refractivity contribution in [2.24, 2.45) is 7.05 Å². The predicted molar refractivity (Wildman–Crippen MR) is 126 cm³/mol. The molecule has 1 heterocycles. The van der Waals surface area contributed by atoms with Gasteiger partial charge in [-0.15, -0.1) is 0 Å². The molecule has 34 heavy (non-hydrogen) atoms. The number of amides is 3. The van der Waals surface area contributed by atoms with Gasteiger partial charge in [-0.2, -0.15) is 0 Å². The smallest absolute Gasteiger partial charge is 0.257 e. The van der Waals surface area contributed by atoms with Crippen molar-refractivity contribution < 1.29 is 19.1 Å². The summed E-state index contributed by atoms with van der Waals surface area (Å²) >= 11 is 0. The van der Waals surface area contributed by atoms with E-state index in [1.165, 1.54) is 0 Å². The molecule has 172 valence electrons. The Morgan fingerprint density at radius 1 is 0.824 bits per heavy atom. The number of para-hydroxylation sites is 3. The average Bonchev–Trinajstić information content (AvgIpc) is 3.17. The van der Waals surface area contributed by atoms with Crippen LogP contribution in [0.2, 0.25) is 0 Å². The molecule has 3 amide bonds. The summed E-state index contributed by atoms with van der Waals surface area (Å²) in [6, 6.07) is 23.4. The van der Waals surface area contributed by atoms with Crippen molar-refractivity contribution >= 4 is 28.8 Å². The van der Waals surface area contributed by atoms with Crippen LogP contribution in [-0.4, -0.2) is 33.8 Å². The summed E-state index contributed by atoms with van der Waals surface area (Å²) in [4.78, 5) is 40.9. The molecule has 0 saturated carbocycles. The summed E-state index contributed by atoms with van der Waals surface area (Å²) in [7, 11) is 1.83. The molecule has 0 unspecified atom stereocenters. The van der Waals surface area contributed by atoms with E-state index in [9.17, 15) is 14.4 Å². The van der Waals surface area contributed by atoms with Crippen molar-refractivity contribution in [2.75, 3.05) is 6.54 Å². The Morgan fingerprint density at radius 2 is 1.47 bits per heavy atom. The Hall–Kier alpha value is -4.66. The first-order valence-electron chi connectivity index (χ1n) is 10.6. The SMILES string of the molecule is Cn1c(CC(=O)NNC(=O)CNC(=O)c2ccc(Oc3ccccc3)cc2)nc2ccccc21. The Bertz CT molecular complexity index is 1320. The highest BCUT2D eigenvalue weighted by atomic mass is 16.5. The lowest BCUT2D eigenvalue weighted by Gasteiger charge is -2.09. The molecule has 0 atom stereocenters. The molecule has 0 bridgehead atoms. The number of fused-ring (bicyclic) bond motifs is 1.